The van der Waals surface area contributed by atoms with Crippen molar-refractivity contribution in [3.63, 3.8) is 0 Å². The van der Waals surface area contributed by atoms with Gasteiger partial charge in [0.05, 0.1) is 7.11 Å². The average Bonchev–Trinajstić information content (AvgIpc) is 2.24. The van der Waals surface area contributed by atoms with E-state index in [0.717, 1.165) is 24.3 Å². The Kier molecular flexibility index (Phi) is 2.59. The minimum atomic E-state index is 0.198. The fourth-order valence-corrected chi connectivity index (χ4v) is 1.47. The lowest BCUT2D eigenvalue weighted by Gasteiger charge is -2.33. The van der Waals surface area contributed by atoms with Gasteiger partial charge < -0.3 is 15.2 Å². The summed E-state index contributed by atoms with van der Waals surface area (Å²) in [7, 11) is 1.65. The number of rotatable bonds is 3. The smallest absolute Gasteiger partial charge is 0.120 e. The maximum Gasteiger partial charge on any atom is 0.120 e. The summed E-state index contributed by atoms with van der Waals surface area (Å²) in [6.45, 7) is 0. The quantitative estimate of drug-likeness (QED) is 0.792. The van der Waals surface area contributed by atoms with E-state index in [1.54, 1.807) is 7.11 Å². The van der Waals surface area contributed by atoms with Gasteiger partial charge >= 0.3 is 0 Å². The van der Waals surface area contributed by atoms with Gasteiger partial charge in [-0.25, -0.2) is 0 Å². The van der Waals surface area contributed by atoms with Crippen LogP contribution >= 0.6 is 0 Å². The first kappa shape index (κ1) is 9.34. The number of hydrogen-bond acceptors (Lipinski definition) is 3. The van der Waals surface area contributed by atoms with Gasteiger partial charge in [-0.3, -0.25) is 0 Å². The lowest BCUT2D eigenvalue weighted by Crippen LogP contribution is -2.47. The van der Waals surface area contributed by atoms with Crippen LogP contribution in [0.2, 0.25) is 0 Å². The first-order chi connectivity index (χ1) is 6.79. The van der Waals surface area contributed by atoms with Crippen molar-refractivity contribution in [2.75, 3.05) is 7.11 Å². The molecule has 0 saturated heterocycles. The van der Waals surface area contributed by atoms with Crippen LogP contribution in [0.4, 0.5) is 0 Å². The Labute approximate surface area is 83.8 Å². The largest absolute Gasteiger partial charge is 0.497 e. The van der Waals surface area contributed by atoms with Crippen molar-refractivity contribution in [3.05, 3.63) is 24.3 Å². The van der Waals surface area contributed by atoms with Crippen molar-refractivity contribution in [2.24, 2.45) is 5.73 Å². The predicted octanol–water partition coefficient (Wildman–Crippen LogP) is 1.56. The lowest BCUT2D eigenvalue weighted by molar-refractivity contribution is 0.0932. The standard InChI is InChI=1S/C11H15NO2/c1-13-8-2-4-9(5-3-8)14-11-7-6-10(11)12/h2-5,10-11H,6-7,12H2,1H3/t10-,11-/m1/s1. The predicted molar refractivity (Wildman–Crippen MR) is 54.6 cm³/mol. The zero-order valence-electron chi connectivity index (χ0n) is 8.27. The second-order valence-electron chi connectivity index (χ2n) is 3.57. The Balaban J connectivity index is 1.96. The van der Waals surface area contributed by atoms with E-state index in [2.05, 4.69) is 0 Å². The molecule has 0 unspecified atom stereocenters. The molecule has 0 radical (unpaired) electrons. The highest BCUT2D eigenvalue weighted by Gasteiger charge is 2.29. The van der Waals surface area contributed by atoms with Crippen LogP contribution in [0.25, 0.3) is 0 Å². The third-order valence-corrected chi connectivity index (χ3v) is 2.61. The molecule has 0 heterocycles. The van der Waals surface area contributed by atoms with Gasteiger partial charge in [0.1, 0.15) is 17.6 Å². The molecule has 2 N–H and O–H groups in total. The Hall–Kier alpha value is -1.22. The molecule has 1 aliphatic rings. The van der Waals surface area contributed by atoms with Crippen LogP contribution in [0.1, 0.15) is 12.8 Å². The van der Waals surface area contributed by atoms with Crippen molar-refractivity contribution in [1.82, 2.24) is 0 Å². The number of hydrogen-bond donors (Lipinski definition) is 1. The van der Waals surface area contributed by atoms with Gasteiger partial charge in [-0.05, 0) is 37.1 Å². The van der Waals surface area contributed by atoms with Crippen LogP contribution in [0.3, 0.4) is 0 Å². The van der Waals surface area contributed by atoms with Crippen LogP contribution < -0.4 is 15.2 Å². The number of methoxy groups -OCH3 is 1. The van der Waals surface area contributed by atoms with Gasteiger partial charge in [-0.1, -0.05) is 0 Å². The molecule has 1 saturated carbocycles. The topological polar surface area (TPSA) is 44.5 Å². The molecule has 0 bridgehead atoms. The molecule has 3 nitrogen and oxygen atoms in total. The van der Waals surface area contributed by atoms with Crippen LogP contribution in [0.15, 0.2) is 24.3 Å². The maximum atomic E-state index is 5.78. The number of nitrogens with two attached hydrogens (primary N) is 1. The zero-order valence-corrected chi connectivity index (χ0v) is 8.27. The van der Waals surface area contributed by atoms with Crippen LogP contribution in [0.5, 0.6) is 11.5 Å². The van der Waals surface area contributed by atoms with E-state index < -0.39 is 0 Å². The molecule has 0 spiro atoms. The van der Waals surface area contributed by atoms with Crippen molar-refractivity contribution >= 4 is 0 Å². The van der Waals surface area contributed by atoms with E-state index in [-0.39, 0.29) is 12.1 Å². The second kappa shape index (κ2) is 3.88. The van der Waals surface area contributed by atoms with Gasteiger partial charge in [0, 0.05) is 6.04 Å². The summed E-state index contributed by atoms with van der Waals surface area (Å²) in [4.78, 5) is 0. The van der Waals surface area contributed by atoms with Crippen LogP contribution in [0, 0.1) is 0 Å². The summed E-state index contributed by atoms with van der Waals surface area (Å²) in [5.41, 5.74) is 5.78. The van der Waals surface area contributed by atoms with Crippen molar-refractivity contribution < 1.29 is 9.47 Å². The van der Waals surface area contributed by atoms with E-state index in [1.807, 2.05) is 24.3 Å². The fourth-order valence-electron chi connectivity index (χ4n) is 1.47. The summed E-state index contributed by atoms with van der Waals surface area (Å²) in [5.74, 6) is 1.71. The van der Waals surface area contributed by atoms with Gasteiger partial charge in [-0.2, -0.15) is 0 Å². The molecule has 1 aliphatic carbocycles. The third-order valence-electron chi connectivity index (χ3n) is 2.61. The normalized spacial score (nSPS) is 25.3. The van der Waals surface area contributed by atoms with Crippen molar-refractivity contribution in [2.45, 2.75) is 25.0 Å². The molecular weight excluding hydrogens is 178 g/mol. The number of ether oxygens (including phenoxy) is 2. The minimum Gasteiger partial charge on any atom is -0.497 e. The molecule has 2 rings (SSSR count). The van der Waals surface area contributed by atoms with Gasteiger partial charge in [0.25, 0.3) is 0 Å². The summed E-state index contributed by atoms with van der Waals surface area (Å²) >= 11 is 0. The molecule has 14 heavy (non-hydrogen) atoms. The molecule has 1 aromatic rings. The molecule has 76 valence electrons. The third kappa shape index (κ3) is 1.82. The molecule has 0 aromatic heterocycles. The van der Waals surface area contributed by atoms with E-state index in [4.69, 9.17) is 15.2 Å². The highest BCUT2D eigenvalue weighted by atomic mass is 16.5. The molecule has 2 atom stereocenters. The van der Waals surface area contributed by atoms with Crippen LogP contribution in [-0.4, -0.2) is 19.3 Å². The second-order valence-corrected chi connectivity index (χ2v) is 3.57. The zero-order chi connectivity index (χ0) is 9.97. The maximum absolute atomic E-state index is 5.78. The SMILES string of the molecule is COc1ccc(O[C@@H]2CC[C@H]2N)cc1. The van der Waals surface area contributed by atoms with E-state index in [1.165, 1.54) is 0 Å². The van der Waals surface area contributed by atoms with Crippen molar-refractivity contribution in [3.8, 4) is 11.5 Å². The van der Waals surface area contributed by atoms with Crippen molar-refractivity contribution in [1.29, 1.82) is 0 Å². The first-order valence-electron chi connectivity index (χ1n) is 4.86. The van der Waals surface area contributed by atoms with E-state index >= 15 is 0 Å². The molecule has 0 amide bonds. The van der Waals surface area contributed by atoms with Gasteiger partial charge in [-0.15, -0.1) is 0 Å². The molecule has 0 aliphatic heterocycles. The monoisotopic (exact) mass is 193 g/mol. The molecule has 1 aromatic carbocycles. The summed E-state index contributed by atoms with van der Waals surface area (Å²) in [6, 6.07) is 7.80. The van der Waals surface area contributed by atoms with E-state index in [0.29, 0.717) is 0 Å². The van der Waals surface area contributed by atoms with Crippen LogP contribution in [-0.2, 0) is 0 Å². The van der Waals surface area contributed by atoms with Gasteiger partial charge in [0.2, 0.25) is 0 Å². The first-order valence-corrected chi connectivity index (χ1v) is 4.86. The Morgan fingerprint density at radius 3 is 2.21 bits per heavy atom. The Morgan fingerprint density at radius 2 is 1.79 bits per heavy atom. The van der Waals surface area contributed by atoms with E-state index in [9.17, 15) is 0 Å². The summed E-state index contributed by atoms with van der Waals surface area (Å²) < 4.78 is 10.7. The number of benzene rings is 1. The van der Waals surface area contributed by atoms with Gasteiger partial charge in [0.15, 0.2) is 0 Å². The fraction of sp³-hybridized carbons (Fsp3) is 0.455. The minimum absolute atomic E-state index is 0.198. The highest BCUT2D eigenvalue weighted by molar-refractivity contribution is 5.31. The summed E-state index contributed by atoms with van der Waals surface area (Å²) in [6.07, 6.45) is 2.33. The highest BCUT2D eigenvalue weighted by Crippen LogP contribution is 2.25. The Bertz CT molecular complexity index is 297. The molecular formula is C11H15NO2. The summed E-state index contributed by atoms with van der Waals surface area (Å²) in [5, 5.41) is 0. The molecule has 1 fully saturated rings. The lowest BCUT2D eigenvalue weighted by atomic mass is 9.90. The Morgan fingerprint density at radius 1 is 1.14 bits per heavy atom. The molecule has 3 heteroatoms. The average molecular weight is 193 g/mol.